The molecule has 1 aromatic carbocycles. The van der Waals surface area contributed by atoms with Gasteiger partial charge in [0.25, 0.3) is 0 Å². The highest BCUT2D eigenvalue weighted by Gasteiger charge is 2.28. The summed E-state index contributed by atoms with van der Waals surface area (Å²) in [4.78, 5) is 0. The zero-order valence-electron chi connectivity index (χ0n) is 9.86. The van der Waals surface area contributed by atoms with E-state index in [-0.39, 0.29) is 5.75 Å². The van der Waals surface area contributed by atoms with Gasteiger partial charge in [-0.15, -0.1) is 0 Å². The first-order valence-corrected chi connectivity index (χ1v) is 5.09. The molecular formula is C12H14F4O. The van der Waals surface area contributed by atoms with Crippen LogP contribution in [0.15, 0.2) is 18.2 Å². The largest absolute Gasteiger partial charge is 0.484 e. The number of rotatable bonds is 2. The standard InChI is InChI=1S/C12H14F4O/c1-11(2,3)9-5-4-8(6-10(9)13)17-7-12(14,15)16/h4-6H,7H2,1-3H3. The first kappa shape index (κ1) is 13.8. The number of halogens is 4. The third kappa shape index (κ3) is 4.24. The topological polar surface area (TPSA) is 9.23 Å². The van der Waals surface area contributed by atoms with E-state index in [9.17, 15) is 17.6 Å². The highest BCUT2D eigenvalue weighted by atomic mass is 19.4. The van der Waals surface area contributed by atoms with Crippen LogP contribution in [0.2, 0.25) is 0 Å². The predicted molar refractivity (Wildman–Crippen MR) is 56.7 cm³/mol. The summed E-state index contributed by atoms with van der Waals surface area (Å²) < 4.78 is 53.7. The summed E-state index contributed by atoms with van der Waals surface area (Å²) in [6, 6.07) is 3.77. The van der Waals surface area contributed by atoms with Gasteiger partial charge in [0, 0.05) is 6.07 Å². The van der Waals surface area contributed by atoms with Crippen LogP contribution >= 0.6 is 0 Å². The van der Waals surface area contributed by atoms with Gasteiger partial charge in [-0.3, -0.25) is 0 Å². The van der Waals surface area contributed by atoms with Crippen LogP contribution in [-0.2, 0) is 5.41 Å². The van der Waals surface area contributed by atoms with Gasteiger partial charge < -0.3 is 4.74 Å². The maximum Gasteiger partial charge on any atom is 0.422 e. The molecule has 0 saturated heterocycles. The fourth-order valence-corrected chi connectivity index (χ4v) is 1.36. The number of benzene rings is 1. The Hall–Kier alpha value is -1.26. The quantitative estimate of drug-likeness (QED) is 0.719. The number of hydrogen-bond donors (Lipinski definition) is 0. The smallest absolute Gasteiger partial charge is 0.422 e. The lowest BCUT2D eigenvalue weighted by molar-refractivity contribution is -0.153. The van der Waals surface area contributed by atoms with Crippen LogP contribution in [0.3, 0.4) is 0 Å². The Morgan fingerprint density at radius 2 is 1.71 bits per heavy atom. The highest BCUT2D eigenvalue weighted by Crippen LogP contribution is 2.28. The van der Waals surface area contributed by atoms with Gasteiger partial charge in [0.2, 0.25) is 0 Å². The van der Waals surface area contributed by atoms with E-state index in [0.29, 0.717) is 5.56 Å². The van der Waals surface area contributed by atoms with Gasteiger partial charge in [0.05, 0.1) is 0 Å². The van der Waals surface area contributed by atoms with Crippen LogP contribution in [0.1, 0.15) is 26.3 Å². The van der Waals surface area contributed by atoms with Gasteiger partial charge in [-0.1, -0.05) is 26.8 Å². The summed E-state index contributed by atoms with van der Waals surface area (Å²) in [6.45, 7) is 4.05. The molecule has 1 aromatic rings. The molecule has 0 unspecified atom stereocenters. The Balaban J connectivity index is 2.83. The van der Waals surface area contributed by atoms with Gasteiger partial charge in [0.15, 0.2) is 6.61 Å². The average Bonchev–Trinajstić information content (AvgIpc) is 2.11. The van der Waals surface area contributed by atoms with E-state index in [1.165, 1.54) is 12.1 Å². The Labute approximate surface area is 97.4 Å². The maximum atomic E-state index is 13.6. The van der Waals surface area contributed by atoms with Gasteiger partial charge in [-0.25, -0.2) is 4.39 Å². The van der Waals surface area contributed by atoms with Crippen molar-refractivity contribution in [3.8, 4) is 5.75 Å². The Bertz CT molecular complexity index is 390. The van der Waals surface area contributed by atoms with Crippen molar-refractivity contribution >= 4 is 0 Å². The molecule has 0 aliphatic rings. The number of ether oxygens (including phenoxy) is 1. The third-order valence-electron chi connectivity index (χ3n) is 2.15. The molecular weight excluding hydrogens is 236 g/mol. The summed E-state index contributed by atoms with van der Waals surface area (Å²) in [5.74, 6) is -0.676. The van der Waals surface area contributed by atoms with Gasteiger partial charge in [0.1, 0.15) is 11.6 Å². The fraction of sp³-hybridized carbons (Fsp3) is 0.500. The van der Waals surface area contributed by atoms with Crippen LogP contribution in [0.5, 0.6) is 5.75 Å². The molecule has 0 amide bonds. The van der Waals surface area contributed by atoms with Crippen LogP contribution in [-0.4, -0.2) is 12.8 Å². The SMILES string of the molecule is CC(C)(C)c1ccc(OCC(F)(F)F)cc1F. The molecule has 0 aromatic heterocycles. The molecule has 1 rings (SSSR count). The van der Waals surface area contributed by atoms with Crippen molar-refractivity contribution in [2.75, 3.05) is 6.61 Å². The molecule has 0 spiro atoms. The van der Waals surface area contributed by atoms with Gasteiger partial charge in [-0.2, -0.15) is 13.2 Å². The molecule has 0 bridgehead atoms. The lowest BCUT2D eigenvalue weighted by atomic mass is 9.87. The van der Waals surface area contributed by atoms with Crippen molar-refractivity contribution in [1.82, 2.24) is 0 Å². The molecule has 0 fully saturated rings. The Morgan fingerprint density at radius 3 is 2.12 bits per heavy atom. The molecule has 5 heteroatoms. The van der Waals surface area contributed by atoms with Crippen molar-refractivity contribution in [1.29, 1.82) is 0 Å². The molecule has 0 radical (unpaired) electrons. The van der Waals surface area contributed by atoms with E-state index in [1.807, 2.05) is 20.8 Å². The van der Waals surface area contributed by atoms with E-state index < -0.39 is 24.0 Å². The van der Waals surface area contributed by atoms with Crippen LogP contribution in [0.25, 0.3) is 0 Å². The minimum Gasteiger partial charge on any atom is -0.484 e. The average molecular weight is 250 g/mol. The minimum atomic E-state index is -4.42. The molecule has 0 heterocycles. The van der Waals surface area contributed by atoms with E-state index in [4.69, 9.17) is 0 Å². The number of hydrogen-bond acceptors (Lipinski definition) is 1. The zero-order valence-corrected chi connectivity index (χ0v) is 9.86. The molecule has 0 aliphatic carbocycles. The van der Waals surface area contributed by atoms with E-state index in [1.54, 1.807) is 0 Å². The van der Waals surface area contributed by atoms with Crippen LogP contribution in [0.4, 0.5) is 17.6 Å². The van der Waals surface area contributed by atoms with Gasteiger partial charge in [-0.05, 0) is 17.0 Å². The summed E-state index contributed by atoms with van der Waals surface area (Å²) >= 11 is 0. The molecule has 1 nitrogen and oxygen atoms in total. The van der Waals surface area contributed by atoms with Crippen molar-refractivity contribution in [3.63, 3.8) is 0 Å². The first-order chi connectivity index (χ1) is 7.59. The normalized spacial score (nSPS) is 12.6. The third-order valence-corrected chi connectivity index (χ3v) is 2.15. The summed E-state index contributed by atoms with van der Waals surface area (Å²) in [5.41, 5.74) is 0.0453. The van der Waals surface area contributed by atoms with E-state index >= 15 is 0 Å². The second kappa shape index (κ2) is 4.55. The fourth-order valence-electron chi connectivity index (χ4n) is 1.36. The molecule has 96 valence electrons. The Kier molecular flexibility index (Phi) is 3.69. The van der Waals surface area contributed by atoms with Crippen LogP contribution in [0, 0.1) is 5.82 Å². The van der Waals surface area contributed by atoms with E-state index in [2.05, 4.69) is 4.74 Å². The van der Waals surface area contributed by atoms with Gasteiger partial charge >= 0.3 is 6.18 Å². The second-order valence-electron chi connectivity index (χ2n) is 4.80. The summed E-state index contributed by atoms with van der Waals surface area (Å²) in [5, 5.41) is 0. The minimum absolute atomic E-state index is 0.118. The van der Waals surface area contributed by atoms with Crippen molar-refractivity contribution in [2.45, 2.75) is 32.4 Å². The van der Waals surface area contributed by atoms with Crippen molar-refractivity contribution in [3.05, 3.63) is 29.6 Å². The lowest BCUT2D eigenvalue weighted by Crippen LogP contribution is -2.19. The maximum absolute atomic E-state index is 13.6. The second-order valence-corrected chi connectivity index (χ2v) is 4.80. The van der Waals surface area contributed by atoms with Crippen molar-refractivity contribution < 1.29 is 22.3 Å². The molecule has 17 heavy (non-hydrogen) atoms. The molecule has 0 saturated carbocycles. The van der Waals surface area contributed by atoms with E-state index in [0.717, 1.165) is 6.07 Å². The predicted octanol–water partition coefficient (Wildman–Crippen LogP) is 4.06. The highest BCUT2D eigenvalue weighted by molar-refractivity contribution is 5.32. The molecule has 0 aliphatic heterocycles. The summed E-state index contributed by atoms with van der Waals surface area (Å²) in [6.07, 6.45) is -4.42. The van der Waals surface area contributed by atoms with Crippen molar-refractivity contribution in [2.24, 2.45) is 0 Å². The Morgan fingerprint density at radius 1 is 1.12 bits per heavy atom. The van der Waals surface area contributed by atoms with Crippen LogP contribution < -0.4 is 4.74 Å². The lowest BCUT2D eigenvalue weighted by Gasteiger charge is -2.20. The number of alkyl halides is 3. The first-order valence-electron chi connectivity index (χ1n) is 5.09. The monoisotopic (exact) mass is 250 g/mol. The summed E-state index contributed by atoms with van der Waals surface area (Å²) in [7, 11) is 0. The molecule has 0 N–H and O–H groups in total. The molecule has 0 atom stereocenters. The zero-order chi connectivity index (χ0) is 13.3.